The van der Waals surface area contributed by atoms with Gasteiger partial charge >= 0.3 is 18.5 Å². The quantitative estimate of drug-likeness (QED) is 0.644. The molecule has 1 rings (SSSR count). The van der Waals surface area contributed by atoms with Gasteiger partial charge in [-0.25, -0.2) is 0 Å². The number of para-hydroxylation sites is 1. The monoisotopic (exact) mass is 295 g/mol. The molecule has 0 saturated carbocycles. The summed E-state index contributed by atoms with van der Waals surface area (Å²) in [6.45, 7) is 0. The molecule has 0 unspecified atom stereocenters. The third-order valence-electron chi connectivity index (χ3n) is 2.42. The van der Waals surface area contributed by atoms with Crippen LogP contribution >= 0.6 is 0 Å². The number of halogens is 4. The number of carbonyl (C=O) groups excluding carboxylic acids is 1. The molecule has 0 saturated heterocycles. The van der Waals surface area contributed by atoms with E-state index in [2.05, 4.69) is 9.47 Å². The van der Waals surface area contributed by atoms with Gasteiger partial charge in [-0.2, -0.15) is 17.6 Å². The van der Waals surface area contributed by atoms with E-state index >= 15 is 0 Å². The number of ether oxygens (including phenoxy) is 2. The average molecular weight is 295 g/mol. The van der Waals surface area contributed by atoms with Gasteiger partial charge in [0.15, 0.2) is 0 Å². The SMILES string of the molecule is COC(=O)[C@@H](N)Cc1ccccc1OC(F)(F)C(F)F. The van der Waals surface area contributed by atoms with E-state index in [9.17, 15) is 22.4 Å². The summed E-state index contributed by atoms with van der Waals surface area (Å²) >= 11 is 0. The fourth-order valence-corrected chi connectivity index (χ4v) is 1.43. The molecule has 2 N–H and O–H groups in total. The van der Waals surface area contributed by atoms with E-state index < -0.39 is 30.3 Å². The summed E-state index contributed by atoms with van der Waals surface area (Å²) < 4.78 is 58.4. The fourth-order valence-electron chi connectivity index (χ4n) is 1.43. The van der Waals surface area contributed by atoms with Crippen LogP contribution in [0.3, 0.4) is 0 Å². The average Bonchev–Trinajstić information content (AvgIpc) is 2.39. The van der Waals surface area contributed by atoms with Crippen molar-refractivity contribution >= 4 is 5.97 Å². The normalized spacial score (nSPS) is 13.2. The molecule has 1 atom stereocenters. The van der Waals surface area contributed by atoms with Crippen LogP contribution in [0.25, 0.3) is 0 Å². The maximum absolute atomic E-state index is 12.9. The molecule has 0 aromatic heterocycles. The van der Waals surface area contributed by atoms with Gasteiger partial charge in [-0.1, -0.05) is 18.2 Å². The third-order valence-corrected chi connectivity index (χ3v) is 2.42. The van der Waals surface area contributed by atoms with E-state index in [1.807, 2.05) is 0 Å². The van der Waals surface area contributed by atoms with Gasteiger partial charge in [0.05, 0.1) is 7.11 Å². The van der Waals surface area contributed by atoms with Crippen molar-refractivity contribution < 1.29 is 31.8 Å². The first-order valence-electron chi connectivity index (χ1n) is 5.54. The summed E-state index contributed by atoms with van der Waals surface area (Å²) in [7, 11) is 1.12. The van der Waals surface area contributed by atoms with Crippen LogP contribution in [0.2, 0.25) is 0 Å². The number of methoxy groups -OCH3 is 1. The predicted molar refractivity (Wildman–Crippen MR) is 61.7 cm³/mol. The summed E-state index contributed by atoms with van der Waals surface area (Å²) in [5, 5.41) is 0. The zero-order valence-corrected chi connectivity index (χ0v) is 10.5. The summed E-state index contributed by atoms with van der Waals surface area (Å²) in [6.07, 6.45) is -8.77. The standard InChI is InChI=1S/C12H13F4NO3/c1-19-10(18)8(17)6-7-4-2-3-5-9(7)20-12(15,16)11(13)14/h2-5,8,11H,6,17H2,1H3/t8-/m0/s1. The van der Waals surface area contributed by atoms with E-state index in [4.69, 9.17) is 5.73 Å². The van der Waals surface area contributed by atoms with Crippen molar-refractivity contribution in [1.29, 1.82) is 0 Å². The molecule has 112 valence electrons. The van der Waals surface area contributed by atoms with Crippen molar-refractivity contribution in [3.63, 3.8) is 0 Å². The number of alkyl halides is 4. The summed E-state index contributed by atoms with van der Waals surface area (Å²) in [5.74, 6) is -1.21. The molecule has 0 spiro atoms. The molecule has 0 radical (unpaired) electrons. The zero-order valence-electron chi connectivity index (χ0n) is 10.5. The Bertz CT molecular complexity index is 468. The highest BCUT2D eigenvalue weighted by atomic mass is 19.3. The van der Waals surface area contributed by atoms with Gasteiger partial charge in [0, 0.05) is 6.42 Å². The second-order valence-corrected chi connectivity index (χ2v) is 3.91. The van der Waals surface area contributed by atoms with Crippen molar-refractivity contribution in [2.24, 2.45) is 5.73 Å². The van der Waals surface area contributed by atoms with Gasteiger partial charge in [0.2, 0.25) is 0 Å². The minimum absolute atomic E-state index is 0.103. The maximum atomic E-state index is 12.9. The van der Waals surface area contributed by atoms with Crippen LogP contribution in [-0.4, -0.2) is 31.7 Å². The molecule has 0 amide bonds. The Morgan fingerprint density at radius 2 is 1.95 bits per heavy atom. The Balaban J connectivity index is 2.91. The first-order chi connectivity index (χ1) is 9.27. The predicted octanol–water partition coefficient (Wildman–Crippen LogP) is 1.97. The number of nitrogens with two attached hydrogens (primary N) is 1. The van der Waals surface area contributed by atoms with Crippen LogP contribution in [-0.2, 0) is 16.0 Å². The first-order valence-corrected chi connectivity index (χ1v) is 5.54. The number of benzene rings is 1. The van der Waals surface area contributed by atoms with Crippen molar-refractivity contribution in [2.45, 2.75) is 25.0 Å². The molecule has 1 aromatic rings. The van der Waals surface area contributed by atoms with Crippen molar-refractivity contribution in [1.82, 2.24) is 0 Å². The third kappa shape index (κ3) is 4.09. The Morgan fingerprint density at radius 1 is 1.35 bits per heavy atom. The molecule has 0 bridgehead atoms. The van der Waals surface area contributed by atoms with Gasteiger partial charge in [0.25, 0.3) is 0 Å². The van der Waals surface area contributed by atoms with Crippen molar-refractivity contribution in [2.75, 3.05) is 7.11 Å². The molecule has 4 nitrogen and oxygen atoms in total. The van der Waals surface area contributed by atoms with Gasteiger partial charge in [-0.05, 0) is 11.6 Å². The highest BCUT2D eigenvalue weighted by Crippen LogP contribution is 2.30. The fraction of sp³-hybridized carbons (Fsp3) is 0.417. The van der Waals surface area contributed by atoms with Gasteiger partial charge in [-0.15, -0.1) is 0 Å². The number of hydrogen-bond donors (Lipinski definition) is 1. The number of hydrogen-bond acceptors (Lipinski definition) is 4. The largest absolute Gasteiger partial charge is 0.468 e. The summed E-state index contributed by atoms with van der Waals surface area (Å²) in [4.78, 5) is 11.2. The number of esters is 1. The van der Waals surface area contributed by atoms with E-state index in [-0.39, 0.29) is 12.0 Å². The van der Waals surface area contributed by atoms with Gasteiger partial charge < -0.3 is 15.2 Å². The topological polar surface area (TPSA) is 61.5 Å². The molecule has 0 heterocycles. The van der Waals surface area contributed by atoms with Crippen molar-refractivity contribution in [3.8, 4) is 5.75 Å². The highest BCUT2D eigenvalue weighted by molar-refractivity contribution is 5.75. The van der Waals surface area contributed by atoms with Gasteiger partial charge in [0.1, 0.15) is 11.8 Å². The first kappa shape index (κ1) is 16.2. The lowest BCUT2D eigenvalue weighted by Crippen LogP contribution is -2.35. The van der Waals surface area contributed by atoms with Gasteiger partial charge in [-0.3, -0.25) is 4.79 Å². The molecular weight excluding hydrogens is 282 g/mol. The van der Waals surface area contributed by atoms with Crippen LogP contribution < -0.4 is 10.5 Å². The van der Waals surface area contributed by atoms with E-state index in [1.165, 1.54) is 18.2 Å². The molecule has 1 aromatic carbocycles. The smallest absolute Gasteiger partial charge is 0.461 e. The second kappa shape index (κ2) is 6.56. The van der Waals surface area contributed by atoms with Crippen LogP contribution in [0.1, 0.15) is 5.56 Å². The molecule has 8 heteroatoms. The summed E-state index contributed by atoms with van der Waals surface area (Å²) in [6, 6.07) is 4.15. The van der Waals surface area contributed by atoms with Crippen LogP contribution in [0.15, 0.2) is 24.3 Å². The molecule has 0 aliphatic carbocycles. The Morgan fingerprint density at radius 3 is 2.50 bits per heavy atom. The van der Waals surface area contributed by atoms with Crippen molar-refractivity contribution in [3.05, 3.63) is 29.8 Å². The van der Waals surface area contributed by atoms with Crippen LogP contribution in [0.4, 0.5) is 17.6 Å². The zero-order chi connectivity index (χ0) is 15.3. The lowest BCUT2D eigenvalue weighted by Gasteiger charge is -2.19. The minimum atomic E-state index is -4.62. The maximum Gasteiger partial charge on any atom is 0.461 e. The minimum Gasteiger partial charge on any atom is -0.468 e. The summed E-state index contributed by atoms with van der Waals surface area (Å²) in [5.41, 5.74) is 5.59. The lowest BCUT2D eigenvalue weighted by atomic mass is 10.1. The van der Waals surface area contributed by atoms with Crippen LogP contribution in [0, 0.1) is 0 Å². The molecule has 0 aliphatic heterocycles. The lowest BCUT2D eigenvalue weighted by molar-refractivity contribution is -0.253. The van der Waals surface area contributed by atoms with E-state index in [0.29, 0.717) is 0 Å². The molecule has 20 heavy (non-hydrogen) atoms. The molecule has 0 fully saturated rings. The van der Waals surface area contributed by atoms with Crippen LogP contribution in [0.5, 0.6) is 5.75 Å². The van der Waals surface area contributed by atoms with E-state index in [0.717, 1.165) is 13.2 Å². The molecular formula is C12H13F4NO3. The molecule has 0 aliphatic rings. The highest BCUT2D eigenvalue weighted by Gasteiger charge is 2.44. The van der Waals surface area contributed by atoms with E-state index in [1.54, 1.807) is 0 Å². The number of carbonyl (C=O) groups is 1. The number of rotatable bonds is 6. The Hall–Kier alpha value is -1.83. The Labute approximate surface area is 112 Å². The Kier molecular flexibility index (Phi) is 5.32. The second-order valence-electron chi connectivity index (χ2n) is 3.91.